The van der Waals surface area contributed by atoms with Crippen molar-refractivity contribution in [1.82, 2.24) is 4.98 Å². The van der Waals surface area contributed by atoms with Crippen LogP contribution in [0.1, 0.15) is 6.92 Å². The minimum atomic E-state index is 0.0772. The van der Waals surface area contributed by atoms with Crippen molar-refractivity contribution < 1.29 is 9.84 Å². The number of nitrogens with zero attached hydrogens (tertiary/aromatic N) is 1. The summed E-state index contributed by atoms with van der Waals surface area (Å²) in [5, 5.41) is 12.1. The molecule has 0 bridgehead atoms. The van der Waals surface area contributed by atoms with Crippen molar-refractivity contribution in [1.29, 1.82) is 0 Å². The molecule has 0 radical (unpaired) electrons. The van der Waals surface area contributed by atoms with Crippen LogP contribution in [0.3, 0.4) is 0 Å². The van der Waals surface area contributed by atoms with Crippen molar-refractivity contribution >= 4 is 33.4 Å². The third-order valence-corrected chi connectivity index (χ3v) is 3.40. The fourth-order valence-corrected chi connectivity index (χ4v) is 2.44. The number of phenols is 1. The van der Waals surface area contributed by atoms with Crippen LogP contribution in [0.5, 0.6) is 11.5 Å². The van der Waals surface area contributed by atoms with Gasteiger partial charge in [-0.2, -0.15) is 0 Å². The summed E-state index contributed by atoms with van der Waals surface area (Å²) in [6.45, 7) is 2.35. The molecule has 3 aromatic rings. The fourth-order valence-electron chi connectivity index (χ4n) is 2.13. The second-order valence-electron chi connectivity index (χ2n) is 4.21. The van der Waals surface area contributed by atoms with Gasteiger partial charge in [0.2, 0.25) is 0 Å². The van der Waals surface area contributed by atoms with Crippen LogP contribution in [0.4, 0.5) is 0 Å². The molecular weight excluding hydrogens is 262 g/mol. The van der Waals surface area contributed by atoms with E-state index in [1.165, 1.54) is 0 Å². The first kappa shape index (κ1) is 12.1. The molecule has 0 unspecified atom stereocenters. The molecule has 2 aromatic carbocycles. The molecule has 0 saturated carbocycles. The van der Waals surface area contributed by atoms with Crippen LogP contribution in [0, 0.1) is 0 Å². The average molecular weight is 274 g/mol. The summed E-state index contributed by atoms with van der Waals surface area (Å²) in [6, 6.07) is 11.0. The van der Waals surface area contributed by atoms with E-state index in [1.54, 1.807) is 12.1 Å². The van der Waals surface area contributed by atoms with Crippen LogP contribution >= 0.6 is 11.6 Å². The Hall–Kier alpha value is -2.00. The van der Waals surface area contributed by atoms with Crippen molar-refractivity contribution in [3.8, 4) is 11.5 Å². The summed E-state index contributed by atoms with van der Waals surface area (Å²) in [5.41, 5.74) is 1.54. The van der Waals surface area contributed by atoms with E-state index in [1.807, 2.05) is 31.2 Å². The lowest BCUT2D eigenvalue weighted by Gasteiger charge is -2.09. The lowest BCUT2D eigenvalue weighted by atomic mass is 10.1. The van der Waals surface area contributed by atoms with Crippen LogP contribution in [-0.4, -0.2) is 16.7 Å². The normalized spacial score (nSPS) is 11.1. The SMILES string of the molecule is CCOc1cc2nc3ccccc3c(Cl)c2cc1O. The van der Waals surface area contributed by atoms with Crippen LogP contribution in [-0.2, 0) is 0 Å². The molecule has 3 rings (SSSR count). The fraction of sp³-hybridized carbons (Fsp3) is 0.133. The Morgan fingerprint density at radius 3 is 2.74 bits per heavy atom. The van der Waals surface area contributed by atoms with Crippen molar-refractivity contribution in [2.75, 3.05) is 6.61 Å². The number of phenolic OH excluding ortho intramolecular Hbond substituents is 1. The number of hydrogen-bond acceptors (Lipinski definition) is 3. The Bertz CT molecular complexity index is 771. The van der Waals surface area contributed by atoms with Gasteiger partial charge in [0.1, 0.15) is 0 Å². The molecule has 4 heteroatoms. The molecule has 0 spiro atoms. The van der Waals surface area contributed by atoms with E-state index in [-0.39, 0.29) is 5.75 Å². The highest BCUT2D eigenvalue weighted by molar-refractivity contribution is 6.40. The molecule has 3 nitrogen and oxygen atoms in total. The van der Waals surface area contributed by atoms with Gasteiger partial charge in [-0.05, 0) is 19.1 Å². The molecule has 1 N–H and O–H groups in total. The summed E-state index contributed by atoms with van der Waals surface area (Å²) in [4.78, 5) is 4.55. The number of ether oxygens (including phenoxy) is 1. The summed E-state index contributed by atoms with van der Waals surface area (Å²) >= 11 is 6.38. The van der Waals surface area contributed by atoms with E-state index in [0.717, 1.165) is 16.3 Å². The first-order valence-electron chi connectivity index (χ1n) is 6.04. The smallest absolute Gasteiger partial charge is 0.163 e. The largest absolute Gasteiger partial charge is 0.504 e. The van der Waals surface area contributed by atoms with E-state index in [0.29, 0.717) is 22.9 Å². The maximum Gasteiger partial charge on any atom is 0.163 e. The zero-order valence-electron chi connectivity index (χ0n) is 10.4. The van der Waals surface area contributed by atoms with E-state index >= 15 is 0 Å². The highest BCUT2D eigenvalue weighted by Crippen LogP contribution is 2.36. The highest BCUT2D eigenvalue weighted by atomic mass is 35.5. The molecular formula is C15H12ClNO2. The Balaban J connectivity index is 2.38. The summed E-state index contributed by atoms with van der Waals surface area (Å²) in [6.07, 6.45) is 0. The Kier molecular flexibility index (Phi) is 2.91. The van der Waals surface area contributed by atoms with Crippen molar-refractivity contribution in [2.45, 2.75) is 6.92 Å². The van der Waals surface area contributed by atoms with Crippen LogP contribution in [0.25, 0.3) is 21.8 Å². The second-order valence-corrected chi connectivity index (χ2v) is 4.59. The van der Waals surface area contributed by atoms with E-state index in [4.69, 9.17) is 16.3 Å². The van der Waals surface area contributed by atoms with Gasteiger partial charge < -0.3 is 9.84 Å². The van der Waals surface area contributed by atoms with Gasteiger partial charge in [0, 0.05) is 16.8 Å². The lowest BCUT2D eigenvalue weighted by Crippen LogP contribution is -1.93. The zero-order valence-corrected chi connectivity index (χ0v) is 11.1. The number of aromatic nitrogens is 1. The molecule has 0 aliphatic rings. The zero-order chi connectivity index (χ0) is 13.4. The molecule has 1 heterocycles. The Morgan fingerprint density at radius 2 is 1.95 bits per heavy atom. The van der Waals surface area contributed by atoms with Crippen molar-refractivity contribution in [2.24, 2.45) is 0 Å². The monoisotopic (exact) mass is 273 g/mol. The van der Waals surface area contributed by atoms with Gasteiger partial charge in [0.05, 0.1) is 22.7 Å². The third-order valence-electron chi connectivity index (χ3n) is 3.00. The second kappa shape index (κ2) is 4.59. The van der Waals surface area contributed by atoms with E-state index in [2.05, 4.69) is 4.98 Å². The molecule has 0 saturated heterocycles. The third kappa shape index (κ3) is 1.96. The van der Waals surface area contributed by atoms with Gasteiger partial charge in [-0.3, -0.25) is 0 Å². The molecule has 0 atom stereocenters. The van der Waals surface area contributed by atoms with E-state index in [9.17, 15) is 5.11 Å². The van der Waals surface area contributed by atoms with Crippen LogP contribution < -0.4 is 4.74 Å². The summed E-state index contributed by atoms with van der Waals surface area (Å²) < 4.78 is 5.36. The van der Waals surface area contributed by atoms with Gasteiger partial charge >= 0.3 is 0 Å². The van der Waals surface area contributed by atoms with Crippen molar-refractivity contribution in [3.63, 3.8) is 0 Å². The quantitative estimate of drug-likeness (QED) is 0.714. The number of para-hydroxylation sites is 1. The number of pyridine rings is 1. The number of hydrogen-bond donors (Lipinski definition) is 1. The van der Waals surface area contributed by atoms with Crippen LogP contribution in [0.2, 0.25) is 5.02 Å². The van der Waals surface area contributed by atoms with Gasteiger partial charge in [0.25, 0.3) is 0 Å². The standard InChI is InChI=1S/C15H12ClNO2/c1-2-19-14-8-12-10(7-13(14)18)15(16)9-5-3-4-6-11(9)17-12/h3-8,18H,2H2,1H3. The number of rotatable bonds is 2. The van der Waals surface area contributed by atoms with Gasteiger partial charge in [-0.1, -0.05) is 29.8 Å². The van der Waals surface area contributed by atoms with Crippen LogP contribution in [0.15, 0.2) is 36.4 Å². The predicted molar refractivity (Wildman–Crippen MR) is 77.1 cm³/mol. The number of benzene rings is 2. The Labute approximate surface area is 115 Å². The molecule has 0 amide bonds. The van der Waals surface area contributed by atoms with Gasteiger partial charge in [0.15, 0.2) is 11.5 Å². The minimum absolute atomic E-state index is 0.0772. The highest BCUT2D eigenvalue weighted by Gasteiger charge is 2.11. The Morgan fingerprint density at radius 1 is 1.16 bits per heavy atom. The first-order valence-corrected chi connectivity index (χ1v) is 6.42. The van der Waals surface area contributed by atoms with Gasteiger partial charge in [-0.25, -0.2) is 4.98 Å². The number of fused-ring (bicyclic) bond motifs is 2. The molecule has 96 valence electrons. The predicted octanol–water partition coefficient (Wildman–Crippen LogP) is 4.15. The molecule has 0 aliphatic heterocycles. The summed E-state index contributed by atoms with van der Waals surface area (Å²) in [7, 11) is 0. The maximum absolute atomic E-state index is 9.92. The number of halogens is 1. The summed E-state index contributed by atoms with van der Waals surface area (Å²) in [5.74, 6) is 0.502. The first-order chi connectivity index (χ1) is 9.20. The maximum atomic E-state index is 9.92. The molecule has 1 aromatic heterocycles. The molecule has 0 aliphatic carbocycles. The van der Waals surface area contributed by atoms with Gasteiger partial charge in [-0.15, -0.1) is 0 Å². The molecule has 19 heavy (non-hydrogen) atoms. The lowest BCUT2D eigenvalue weighted by molar-refractivity contribution is 0.319. The molecule has 0 fully saturated rings. The average Bonchev–Trinajstić information content (AvgIpc) is 2.41. The minimum Gasteiger partial charge on any atom is -0.504 e. The van der Waals surface area contributed by atoms with Crippen molar-refractivity contribution in [3.05, 3.63) is 41.4 Å². The van der Waals surface area contributed by atoms with E-state index < -0.39 is 0 Å². The number of aromatic hydroxyl groups is 1. The topological polar surface area (TPSA) is 42.4 Å².